The van der Waals surface area contributed by atoms with E-state index < -0.39 is 18.0 Å². The number of carboxylic acid groups (broad SMARTS) is 2. The Morgan fingerprint density at radius 3 is 2.19 bits per heavy atom. The summed E-state index contributed by atoms with van der Waals surface area (Å²) in [5.74, 6) is -1.57. The van der Waals surface area contributed by atoms with Crippen molar-refractivity contribution in [3.05, 3.63) is 23.8 Å². The summed E-state index contributed by atoms with van der Waals surface area (Å²) in [6, 6.07) is 5.69. The average Bonchev–Trinajstić information content (AvgIpc) is 2.76. The van der Waals surface area contributed by atoms with Gasteiger partial charge in [-0.3, -0.25) is 0 Å². The molecule has 2 atom stereocenters. The van der Waals surface area contributed by atoms with E-state index >= 15 is 0 Å². The van der Waals surface area contributed by atoms with Crippen molar-refractivity contribution in [2.75, 3.05) is 33.9 Å². The highest BCUT2D eigenvalue weighted by atomic mass is 16.5. The molecule has 178 valence electrons. The molecule has 31 heavy (non-hydrogen) atoms. The number of carbonyl (C=O) groups is 2. The Bertz CT molecular complexity index is 626. The maximum Gasteiger partial charge on any atom is 0.414 e. The Hall–Kier alpha value is -2.36. The van der Waals surface area contributed by atoms with Gasteiger partial charge in [-0.2, -0.15) is 0 Å². The number of aliphatic hydroxyl groups excluding tert-OH is 1. The second kappa shape index (κ2) is 17.3. The lowest BCUT2D eigenvalue weighted by Gasteiger charge is -2.17. The van der Waals surface area contributed by atoms with Crippen molar-refractivity contribution in [2.24, 2.45) is 5.92 Å². The molecule has 0 aliphatic heterocycles. The zero-order valence-corrected chi connectivity index (χ0v) is 18.9. The summed E-state index contributed by atoms with van der Waals surface area (Å²) in [6.07, 6.45) is 4.45. The minimum atomic E-state index is -1.82. The number of methoxy groups -OCH3 is 2. The van der Waals surface area contributed by atoms with Crippen LogP contribution in [0.1, 0.15) is 45.1 Å². The summed E-state index contributed by atoms with van der Waals surface area (Å²) in [5.41, 5.74) is 0.989. The molecule has 0 aromatic heterocycles. The Balaban J connectivity index is 0.00000131. The highest BCUT2D eigenvalue weighted by molar-refractivity contribution is 6.27. The van der Waals surface area contributed by atoms with Gasteiger partial charge in [0.2, 0.25) is 0 Å². The molecule has 1 aromatic rings. The Morgan fingerprint density at radius 1 is 1.03 bits per heavy atom. The van der Waals surface area contributed by atoms with Crippen molar-refractivity contribution in [1.29, 1.82) is 0 Å². The second-order valence-electron chi connectivity index (χ2n) is 7.04. The van der Waals surface area contributed by atoms with Gasteiger partial charge in [0, 0.05) is 6.54 Å². The first-order chi connectivity index (χ1) is 14.8. The summed E-state index contributed by atoms with van der Waals surface area (Å²) < 4.78 is 16.1. The third kappa shape index (κ3) is 13.5. The van der Waals surface area contributed by atoms with Crippen LogP contribution < -0.4 is 14.8 Å². The van der Waals surface area contributed by atoms with E-state index in [2.05, 4.69) is 19.2 Å². The van der Waals surface area contributed by atoms with Gasteiger partial charge in [0.25, 0.3) is 0 Å². The van der Waals surface area contributed by atoms with Gasteiger partial charge in [0.1, 0.15) is 0 Å². The van der Waals surface area contributed by atoms with Crippen LogP contribution >= 0.6 is 0 Å². The van der Waals surface area contributed by atoms with Gasteiger partial charge >= 0.3 is 11.9 Å². The number of rotatable bonds is 14. The average molecular weight is 444 g/mol. The number of aliphatic carboxylic acids is 2. The highest BCUT2D eigenvalue weighted by Gasteiger charge is 2.09. The topological polar surface area (TPSA) is 135 Å². The summed E-state index contributed by atoms with van der Waals surface area (Å²) in [5, 5.41) is 28.2. The van der Waals surface area contributed by atoms with E-state index in [1.54, 1.807) is 14.2 Å². The lowest BCUT2D eigenvalue weighted by atomic mass is 9.99. The summed E-state index contributed by atoms with van der Waals surface area (Å²) in [4.78, 5) is 18.2. The Labute approximate surface area is 184 Å². The predicted molar refractivity (Wildman–Crippen MR) is 117 cm³/mol. The first-order valence-corrected chi connectivity index (χ1v) is 10.4. The Morgan fingerprint density at radius 2 is 1.68 bits per heavy atom. The van der Waals surface area contributed by atoms with Crippen LogP contribution in [0.4, 0.5) is 0 Å². The van der Waals surface area contributed by atoms with Crippen LogP contribution in [0.25, 0.3) is 0 Å². The first kappa shape index (κ1) is 28.6. The fourth-order valence-electron chi connectivity index (χ4n) is 2.74. The maximum atomic E-state index is 10.0. The molecule has 0 amide bonds. The van der Waals surface area contributed by atoms with Gasteiger partial charge in [0.15, 0.2) is 11.5 Å². The SMILES string of the molecule is CCCCC(CC)CNCC(O)COCc1ccc(OC)c(OC)c1.O=C(O)C(=O)O. The molecule has 0 heterocycles. The highest BCUT2D eigenvalue weighted by Crippen LogP contribution is 2.27. The molecule has 0 aliphatic carbocycles. The zero-order valence-electron chi connectivity index (χ0n) is 18.9. The van der Waals surface area contributed by atoms with E-state index in [1.165, 1.54) is 25.7 Å². The predicted octanol–water partition coefficient (Wildman–Crippen LogP) is 2.54. The van der Waals surface area contributed by atoms with Crippen molar-refractivity contribution in [1.82, 2.24) is 5.32 Å². The van der Waals surface area contributed by atoms with E-state index in [1.807, 2.05) is 18.2 Å². The molecule has 0 saturated carbocycles. The van der Waals surface area contributed by atoms with Crippen molar-refractivity contribution in [3.63, 3.8) is 0 Å². The molecule has 2 unspecified atom stereocenters. The molecular formula is C22H37NO8. The number of aliphatic hydroxyl groups is 1. The van der Waals surface area contributed by atoms with Crippen LogP contribution in [-0.2, 0) is 20.9 Å². The van der Waals surface area contributed by atoms with Crippen molar-refractivity contribution in [2.45, 2.75) is 52.2 Å². The van der Waals surface area contributed by atoms with Crippen LogP contribution in [0.15, 0.2) is 18.2 Å². The quantitative estimate of drug-likeness (QED) is 0.320. The fourth-order valence-corrected chi connectivity index (χ4v) is 2.74. The van der Waals surface area contributed by atoms with Crippen molar-refractivity contribution < 1.29 is 39.1 Å². The Kier molecular flexibility index (Phi) is 16.0. The lowest BCUT2D eigenvalue weighted by molar-refractivity contribution is -0.159. The van der Waals surface area contributed by atoms with Gasteiger partial charge in [-0.05, 0) is 36.6 Å². The maximum absolute atomic E-state index is 10.0. The van der Waals surface area contributed by atoms with Gasteiger partial charge in [-0.1, -0.05) is 39.2 Å². The molecule has 9 heteroatoms. The summed E-state index contributed by atoms with van der Waals surface area (Å²) in [7, 11) is 3.23. The molecule has 0 radical (unpaired) electrons. The fraction of sp³-hybridized carbons (Fsp3) is 0.636. The van der Waals surface area contributed by atoms with Gasteiger partial charge in [0.05, 0.1) is 33.5 Å². The number of hydrogen-bond acceptors (Lipinski definition) is 7. The first-order valence-electron chi connectivity index (χ1n) is 10.4. The number of unbranched alkanes of at least 4 members (excludes halogenated alkanes) is 1. The van der Waals surface area contributed by atoms with Crippen LogP contribution in [0, 0.1) is 5.92 Å². The van der Waals surface area contributed by atoms with Gasteiger partial charge in [-0.25, -0.2) is 9.59 Å². The number of hydrogen-bond donors (Lipinski definition) is 4. The molecule has 0 spiro atoms. The molecule has 9 nitrogen and oxygen atoms in total. The number of ether oxygens (including phenoxy) is 3. The molecule has 4 N–H and O–H groups in total. The van der Waals surface area contributed by atoms with Crippen molar-refractivity contribution >= 4 is 11.9 Å². The number of carboxylic acids is 2. The molecular weight excluding hydrogens is 406 g/mol. The monoisotopic (exact) mass is 443 g/mol. The normalized spacial score (nSPS) is 12.3. The molecule has 0 saturated heterocycles. The molecule has 1 aromatic carbocycles. The summed E-state index contributed by atoms with van der Waals surface area (Å²) in [6.45, 7) is 6.72. The van der Waals surface area contributed by atoms with E-state index in [9.17, 15) is 5.11 Å². The largest absolute Gasteiger partial charge is 0.493 e. The van der Waals surface area contributed by atoms with Gasteiger partial charge < -0.3 is 34.8 Å². The molecule has 0 aliphatic rings. The zero-order chi connectivity index (χ0) is 23.6. The van der Waals surface area contributed by atoms with E-state index in [0.29, 0.717) is 37.2 Å². The lowest BCUT2D eigenvalue weighted by Crippen LogP contribution is -2.33. The van der Waals surface area contributed by atoms with Crippen LogP contribution in [0.2, 0.25) is 0 Å². The molecule has 1 rings (SSSR count). The van der Waals surface area contributed by atoms with Gasteiger partial charge in [-0.15, -0.1) is 0 Å². The number of nitrogens with one attached hydrogen (secondary N) is 1. The van der Waals surface area contributed by atoms with Crippen LogP contribution in [-0.4, -0.2) is 67.3 Å². The molecule has 0 bridgehead atoms. The van der Waals surface area contributed by atoms with E-state index in [-0.39, 0.29) is 0 Å². The van der Waals surface area contributed by atoms with E-state index in [0.717, 1.165) is 12.1 Å². The third-order valence-electron chi connectivity index (χ3n) is 4.57. The van der Waals surface area contributed by atoms with Crippen molar-refractivity contribution in [3.8, 4) is 11.5 Å². The minimum absolute atomic E-state index is 0.313. The standard InChI is InChI=1S/C20H35NO4.C2H2O4/c1-5-7-8-16(6-2)12-21-13-18(22)15-25-14-17-9-10-19(23-3)20(11-17)24-4;3-1(4)2(5)6/h9-11,16,18,21-22H,5-8,12-15H2,1-4H3;(H,3,4)(H,5,6). The third-order valence-corrected chi connectivity index (χ3v) is 4.57. The van der Waals surface area contributed by atoms with E-state index in [4.69, 9.17) is 34.0 Å². The van der Waals surface area contributed by atoms with Crippen LogP contribution in [0.3, 0.4) is 0 Å². The summed E-state index contributed by atoms with van der Waals surface area (Å²) >= 11 is 0. The van der Waals surface area contributed by atoms with Crippen LogP contribution in [0.5, 0.6) is 11.5 Å². The molecule has 0 fully saturated rings. The second-order valence-corrected chi connectivity index (χ2v) is 7.04. The minimum Gasteiger partial charge on any atom is -0.493 e. The smallest absolute Gasteiger partial charge is 0.414 e. The number of benzene rings is 1.